The second kappa shape index (κ2) is 11.0. The Morgan fingerprint density at radius 2 is 1.34 bits per heavy atom. The number of esters is 1. The summed E-state index contributed by atoms with van der Waals surface area (Å²) in [4.78, 5) is 25.8. The summed E-state index contributed by atoms with van der Waals surface area (Å²) in [6.07, 6.45) is -0.535. The Morgan fingerprint density at radius 1 is 0.781 bits per heavy atom. The SMILES string of the molecule is COc1cc(CCC(=O)OC(C(=O)c2ccccc2)c2ccccc2)cc(OC)c1OC. The lowest BCUT2D eigenvalue weighted by atomic mass is 9.99. The molecule has 0 amide bonds. The van der Waals surface area contributed by atoms with Gasteiger partial charge in [-0.2, -0.15) is 0 Å². The van der Waals surface area contributed by atoms with Gasteiger partial charge in [-0.25, -0.2) is 0 Å². The van der Waals surface area contributed by atoms with Crippen LogP contribution in [0.5, 0.6) is 17.2 Å². The molecule has 1 unspecified atom stereocenters. The molecule has 0 bridgehead atoms. The van der Waals surface area contributed by atoms with Crippen LogP contribution in [-0.2, 0) is 16.0 Å². The highest BCUT2D eigenvalue weighted by Crippen LogP contribution is 2.38. The zero-order chi connectivity index (χ0) is 22.9. The van der Waals surface area contributed by atoms with E-state index in [1.807, 2.05) is 24.3 Å². The van der Waals surface area contributed by atoms with Crippen molar-refractivity contribution in [3.05, 3.63) is 89.5 Å². The number of carbonyl (C=O) groups excluding carboxylic acids is 2. The summed E-state index contributed by atoms with van der Waals surface area (Å²) in [5, 5.41) is 0. The van der Waals surface area contributed by atoms with Crippen LogP contribution in [0.25, 0.3) is 0 Å². The lowest BCUT2D eigenvalue weighted by Crippen LogP contribution is -2.20. The van der Waals surface area contributed by atoms with E-state index >= 15 is 0 Å². The molecule has 0 saturated heterocycles. The fourth-order valence-corrected chi connectivity index (χ4v) is 3.37. The molecule has 0 aliphatic rings. The molecule has 0 fully saturated rings. The topological polar surface area (TPSA) is 71.1 Å². The Labute approximate surface area is 187 Å². The summed E-state index contributed by atoms with van der Waals surface area (Å²) in [5.74, 6) is 0.766. The van der Waals surface area contributed by atoms with Gasteiger partial charge in [0.2, 0.25) is 11.5 Å². The number of Topliss-reactive ketones (excluding diaryl/α,β-unsaturated/α-hetero) is 1. The van der Waals surface area contributed by atoms with E-state index in [0.29, 0.717) is 34.8 Å². The Morgan fingerprint density at radius 3 is 1.88 bits per heavy atom. The van der Waals surface area contributed by atoms with Crippen LogP contribution < -0.4 is 14.2 Å². The van der Waals surface area contributed by atoms with Crippen molar-refractivity contribution in [3.8, 4) is 17.2 Å². The van der Waals surface area contributed by atoms with E-state index in [-0.39, 0.29) is 12.2 Å². The van der Waals surface area contributed by atoms with E-state index in [1.54, 1.807) is 48.5 Å². The van der Waals surface area contributed by atoms with Gasteiger partial charge >= 0.3 is 5.97 Å². The number of carbonyl (C=O) groups is 2. The highest BCUT2D eigenvalue weighted by molar-refractivity contribution is 6.01. The van der Waals surface area contributed by atoms with E-state index in [1.165, 1.54) is 21.3 Å². The zero-order valence-electron chi connectivity index (χ0n) is 18.4. The van der Waals surface area contributed by atoms with Crippen molar-refractivity contribution in [3.63, 3.8) is 0 Å². The van der Waals surface area contributed by atoms with Crippen LogP contribution in [0.1, 0.15) is 34.0 Å². The molecule has 0 spiro atoms. The molecule has 32 heavy (non-hydrogen) atoms. The molecule has 3 aromatic carbocycles. The molecule has 0 aromatic heterocycles. The number of methoxy groups -OCH3 is 3. The summed E-state index contributed by atoms with van der Waals surface area (Å²) >= 11 is 0. The maximum Gasteiger partial charge on any atom is 0.307 e. The maximum atomic E-state index is 13.1. The smallest absolute Gasteiger partial charge is 0.307 e. The number of benzene rings is 3. The Kier molecular flexibility index (Phi) is 7.86. The van der Waals surface area contributed by atoms with Gasteiger partial charge in [-0.3, -0.25) is 9.59 Å². The number of ketones is 1. The van der Waals surface area contributed by atoms with Crippen molar-refractivity contribution in [2.75, 3.05) is 21.3 Å². The average molecular weight is 434 g/mol. The van der Waals surface area contributed by atoms with E-state index < -0.39 is 12.1 Å². The Balaban J connectivity index is 1.75. The van der Waals surface area contributed by atoms with Crippen molar-refractivity contribution in [2.45, 2.75) is 18.9 Å². The van der Waals surface area contributed by atoms with Gasteiger partial charge in [0.25, 0.3) is 0 Å². The third-order valence-corrected chi connectivity index (χ3v) is 4.99. The predicted molar refractivity (Wildman–Crippen MR) is 120 cm³/mol. The summed E-state index contributed by atoms with van der Waals surface area (Å²) in [7, 11) is 4.61. The molecule has 1 atom stereocenters. The number of hydrogen-bond donors (Lipinski definition) is 0. The first-order valence-corrected chi connectivity index (χ1v) is 10.2. The van der Waals surface area contributed by atoms with E-state index in [4.69, 9.17) is 18.9 Å². The quantitative estimate of drug-likeness (QED) is 0.337. The van der Waals surface area contributed by atoms with Crippen molar-refractivity contribution in [1.82, 2.24) is 0 Å². The molecule has 6 nitrogen and oxygen atoms in total. The second-order valence-electron chi connectivity index (χ2n) is 7.04. The monoisotopic (exact) mass is 434 g/mol. The molecule has 3 rings (SSSR count). The molecule has 0 saturated carbocycles. The molecule has 6 heteroatoms. The minimum atomic E-state index is -1.01. The van der Waals surface area contributed by atoms with Crippen LogP contribution in [0.4, 0.5) is 0 Å². The first kappa shape index (κ1) is 22.9. The second-order valence-corrected chi connectivity index (χ2v) is 7.04. The molecule has 0 aliphatic carbocycles. The molecule has 166 valence electrons. The van der Waals surface area contributed by atoms with Gasteiger partial charge in [0.15, 0.2) is 17.6 Å². The van der Waals surface area contributed by atoms with Gasteiger partial charge in [-0.15, -0.1) is 0 Å². The molecule has 0 aliphatic heterocycles. The average Bonchev–Trinajstić information content (AvgIpc) is 2.85. The van der Waals surface area contributed by atoms with Gasteiger partial charge in [-0.05, 0) is 24.1 Å². The van der Waals surface area contributed by atoms with Crippen LogP contribution in [-0.4, -0.2) is 33.1 Å². The summed E-state index contributed by atoms with van der Waals surface area (Å²) in [5.41, 5.74) is 1.93. The molecule has 0 heterocycles. The van der Waals surface area contributed by atoms with E-state index in [0.717, 1.165) is 5.56 Å². The third kappa shape index (κ3) is 5.46. The molecular weight excluding hydrogens is 408 g/mol. The normalized spacial score (nSPS) is 11.3. The van der Waals surface area contributed by atoms with E-state index in [2.05, 4.69) is 0 Å². The zero-order valence-corrected chi connectivity index (χ0v) is 18.4. The third-order valence-electron chi connectivity index (χ3n) is 4.99. The van der Waals surface area contributed by atoms with Crippen molar-refractivity contribution < 1.29 is 28.5 Å². The molecule has 0 radical (unpaired) electrons. The summed E-state index contributed by atoms with van der Waals surface area (Å²) < 4.78 is 21.7. The van der Waals surface area contributed by atoms with E-state index in [9.17, 15) is 9.59 Å². The van der Waals surface area contributed by atoms with Gasteiger partial charge in [0.1, 0.15) is 0 Å². The summed E-state index contributed by atoms with van der Waals surface area (Å²) in [6.45, 7) is 0. The van der Waals surface area contributed by atoms with Gasteiger partial charge in [0.05, 0.1) is 21.3 Å². The minimum Gasteiger partial charge on any atom is -0.493 e. The number of aryl methyl sites for hydroxylation is 1. The Bertz CT molecular complexity index is 1020. The van der Waals surface area contributed by atoms with Crippen LogP contribution in [0, 0.1) is 0 Å². The lowest BCUT2D eigenvalue weighted by molar-refractivity contribution is -0.147. The minimum absolute atomic E-state index is 0.0873. The van der Waals surface area contributed by atoms with Crippen LogP contribution in [0.2, 0.25) is 0 Å². The van der Waals surface area contributed by atoms with Crippen molar-refractivity contribution in [1.29, 1.82) is 0 Å². The molecule has 3 aromatic rings. The molecular formula is C26H26O6. The fraction of sp³-hybridized carbons (Fsp3) is 0.231. The largest absolute Gasteiger partial charge is 0.493 e. The highest BCUT2D eigenvalue weighted by Gasteiger charge is 2.26. The number of hydrogen-bond acceptors (Lipinski definition) is 6. The summed E-state index contributed by atoms with van der Waals surface area (Å²) in [6, 6.07) is 21.4. The molecule has 0 N–H and O–H groups in total. The van der Waals surface area contributed by atoms with Gasteiger partial charge < -0.3 is 18.9 Å². The lowest BCUT2D eigenvalue weighted by Gasteiger charge is -2.18. The first-order valence-electron chi connectivity index (χ1n) is 10.2. The van der Waals surface area contributed by atoms with Crippen molar-refractivity contribution in [2.24, 2.45) is 0 Å². The van der Waals surface area contributed by atoms with Crippen LogP contribution in [0.15, 0.2) is 72.8 Å². The highest BCUT2D eigenvalue weighted by atomic mass is 16.5. The van der Waals surface area contributed by atoms with Gasteiger partial charge in [0, 0.05) is 17.5 Å². The van der Waals surface area contributed by atoms with Gasteiger partial charge in [-0.1, -0.05) is 60.7 Å². The Hall–Kier alpha value is -3.80. The standard InChI is InChI=1S/C26H26O6/c1-29-21-16-18(17-22(30-2)26(21)31-3)14-15-23(27)32-25(20-12-8-5-9-13-20)24(28)19-10-6-4-7-11-19/h4-13,16-17,25H,14-15H2,1-3H3. The first-order chi connectivity index (χ1) is 15.6. The number of rotatable bonds is 10. The van der Waals surface area contributed by atoms with Crippen LogP contribution in [0.3, 0.4) is 0 Å². The fourth-order valence-electron chi connectivity index (χ4n) is 3.37. The number of ether oxygens (including phenoxy) is 4. The van der Waals surface area contributed by atoms with Crippen molar-refractivity contribution >= 4 is 11.8 Å². The predicted octanol–water partition coefficient (Wildman–Crippen LogP) is 4.81. The van der Waals surface area contributed by atoms with Crippen LogP contribution >= 0.6 is 0 Å². The maximum absolute atomic E-state index is 13.1.